The van der Waals surface area contributed by atoms with E-state index in [4.69, 9.17) is 10.1 Å². The molecule has 3 nitrogen and oxygen atoms in total. The number of aromatic nitrogens is 1. The molecule has 199 valence electrons. The average molecular weight is 715 g/mol. The Hall–Kier alpha value is -2.64. The van der Waals surface area contributed by atoms with E-state index in [0.717, 1.165) is 11.3 Å². The molecule has 0 unspecified atom stereocenters. The summed E-state index contributed by atoms with van der Waals surface area (Å²) in [4.78, 5) is 14.9. The van der Waals surface area contributed by atoms with Crippen LogP contribution >= 0.6 is 0 Å². The summed E-state index contributed by atoms with van der Waals surface area (Å²) in [6, 6.07) is 24.0. The van der Waals surface area contributed by atoms with Crippen LogP contribution in [-0.2, 0) is 24.9 Å². The summed E-state index contributed by atoms with van der Waals surface area (Å²) in [6.45, 7) is 17.3. The number of allylic oxidation sites excluding steroid dienone is 2. The Morgan fingerprint density at radius 1 is 1.00 bits per heavy atom. The van der Waals surface area contributed by atoms with Gasteiger partial charge in [0.15, 0.2) is 5.78 Å². The van der Waals surface area contributed by atoms with Crippen LogP contribution in [0.1, 0.15) is 19.4 Å². The molecule has 4 aromatic rings. The molecule has 2 heterocycles. The quantitative estimate of drug-likeness (QED) is 0.116. The number of carbonyl (C=O) groups is 1. The first-order chi connectivity index (χ1) is 17.3. The molecular formula is C32H36IrNO2Si2-. The van der Waals surface area contributed by atoms with E-state index in [-0.39, 0.29) is 31.6 Å². The smallest absolute Gasteiger partial charge is 0.155 e. The van der Waals surface area contributed by atoms with Gasteiger partial charge in [0, 0.05) is 38.1 Å². The largest absolute Gasteiger partial charge is 0.512 e. The van der Waals surface area contributed by atoms with Gasteiger partial charge in [-0.3, -0.25) is 9.78 Å². The minimum Gasteiger partial charge on any atom is -0.512 e. The Bertz CT molecular complexity index is 1550. The van der Waals surface area contributed by atoms with Gasteiger partial charge in [-0.2, -0.15) is 0 Å². The van der Waals surface area contributed by atoms with Gasteiger partial charge in [-0.1, -0.05) is 97.4 Å². The maximum Gasteiger partial charge on any atom is 0.155 e. The van der Waals surface area contributed by atoms with Crippen molar-refractivity contribution in [1.82, 2.24) is 4.98 Å². The van der Waals surface area contributed by atoms with Crippen LogP contribution in [0.25, 0.3) is 33.2 Å². The van der Waals surface area contributed by atoms with Crippen LogP contribution in [0, 0.1) is 13.0 Å². The molecule has 0 saturated heterocycles. The number of aliphatic hydroxyl groups excluding tert-OH is 1. The van der Waals surface area contributed by atoms with E-state index in [0.29, 0.717) is 0 Å². The molecular weight excluding hydrogens is 679 g/mol. The van der Waals surface area contributed by atoms with Crippen LogP contribution in [0.15, 0.2) is 72.6 Å². The Labute approximate surface area is 242 Å². The third kappa shape index (κ3) is 5.84. The van der Waals surface area contributed by atoms with Crippen LogP contribution in [-0.4, -0.2) is 32.0 Å². The molecule has 1 N–H and O–H groups in total. The second-order valence-electron chi connectivity index (χ2n) is 11.5. The maximum atomic E-state index is 10.0. The number of benzene rings is 3. The number of ketones is 1. The van der Waals surface area contributed by atoms with E-state index in [1.54, 1.807) is 10.4 Å². The van der Waals surface area contributed by atoms with Crippen molar-refractivity contribution in [3.63, 3.8) is 0 Å². The number of aliphatic hydroxyl groups is 1. The van der Waals surface area contributed by atoms with Crippen molar-refractivity contribution in [3.05, 3.63) is 84.3 Å². The fraction of sp³-hybridized carbons (Fsp3) is 0.250. The Kier molecular flexibility index (Phi) is 8.84. The van der Waals surface area contributed by atoms with E-state index in [1.165, 1.54) is 52.6 Å². The fourth-order valence-corrected chi connectivity index (χ4v) is 9.92. The number of rotatable bonds is 3. The molecule has 38 heavy (non-hydrogen) atoms. The van der Waals surface area contributed by atoms with Crippen molar-refractivity contribution in [2.75, 3.05) is 0 Å². The normalized spacial score (nSPS) is 13.6. The van der Waals surface area contributed by atoms with E-state index in [9.17, 15) is 4.79 Å². The second-order valence-corrected chi connectivity index (χ2v) is 20.9. The molecule has 5 rings (SSSR count). The SMILES string of the molecule is CC(=O)/C=C(/C)O.Cc1cc(-c2nccc3c2[Si](C)(C)c2cc([Si](C)(C)C)ccc2-3)[c-]c2ccccc12.[Ir]. The Balaban J connectivity index is 0.000000444. The number of pyridine rings is 1. The van der Waals surface area contributed by atoms with Crippen LogP contribution in [0.5, 0.6) is 0 Å². The van der Waals surface area contributed by atoms with E-state index < -0.39 is 16.1 Å². The van der Waals surface area contributed by atoms with Gasteiger partial charge >= 0.3 is 0 Å². The monoisotopic (exact) mass is 715 g/mol. The summed E-state index contributed by atoms with van der Waals surface area (Å²) in [5.41, 5.74) is 6.35. The van der Waals surface area contributed by atoms with Crippen molar-refractivity contribution in [1.29, 1.82) is 0 Å². The molecule has 0 bridgehead atoms. The summed E-state index contributed by atoms with van der Waals surface area (Å²) < 4.78 is 0. The summed E-state index contributed by atoms with van der Waals surface area (Å²) in [5, 5.41) is 15.4. The zero-order valence-corrected chi connectivity index (χ0v) is 27.9. The van der Waals surface area contributed by atoms with E-state index in [1.807, 2.05) is 6.20 Å². The topological polar surface area (TPSA) is 50.2 Å². The summed E-state index contributed by atoms with van der Waals surface area (Å²) >= 11 is 0. The molecule has 0 spiro atoms. The number of nitrogens with zero attached hydrogens (tertiary/aromatic N) is 1. The van der Waals surface area contributed by atoms with Gasteiger partial charge in [0.25, 0.3) is 0 Å². The van der Waals surface area contributed by atoms with Crippen molar-refractivity contribution in [2.45, 2.75) is 53.5 Å². The zero-order chi connectivity index (χ0) is 27.1. The number of carbonyl (C=O) groups excluding carboxylic acids is 1. The first kappa shape index (κ1) is 29.9. The molecule has 1 aliphatic heterocycles. The molecule has 0 aliphatic carbocycles. The minimum atomic E-state index is -1.86. The van der Waals surface area contributed by atoms with Crippen LogP contribution in [0.4, 0.5) is 0 Å². The van der Waals surface area contributed by atoms with Crippen LogP contribution < -0.4 is 15.6 Å². The van der Waals surface area contributed by atoms with Gasteiger partial charge in [-0.05, 0) is 36.2 Å². The molecule has 1 aliphatic rings. The Morgan fingerprint density at radius 2 is 1.68 bits per heavy atom. The summed E-state index contributed by atoms with van der Waals surface area (Å²) in [6.07, 6.45) is 3.15. The predicted molar refractivity (Wildman–Crippen MR) is 163 cm³/mol. The Morgan fingerprint density at radius 3 is 2.29 bits per heavy atom. The van der Waals surface area contributed by atoms with Crippen molar-refractivity contribution < 1.29 is 30.0 Å². The van der Waals surface area contributed by atoms with Gasteiger partial charge in [-0.25, -0.2) is 0 Å². The maximum absolute atomic E-state index is 10.0. The first-order valence-electron chi connectivity index (χ1n) is 12.8. The van der Waals surface area contributed by atoms with Gasteiger partial charge in [0.05, 0.1) is 13.8 Å². The van der Waals surface area contributed by atoms with Crippen molar-refractivity contribution >= 4 is 48.3 Å². The molecule has 0 amide bonds. The first-order valence-corrected chi connectivity index (χ1v) is 19.3. The summed E-state index contributed by atoms with van der Waals surface area (Å²) in [5.74, 6) is -0.0625. The minimum absolute atomic E-state index is 0. The van der Waals surface area contributed by atoms with Gasteiger partial charge < -0.3 is 5.11 Å². The number of fused-ring (bicyclic) bond motifs is 4. The van der Waals surface area contributed by atoms with Gasteiger partial charge in [-0.15, -0.1) is 29.1 Å². The standard InChI is InChI=1S/C27H28NSi2.C5H8O2.Ir/c1-18-15-20(16-19-9-7-8-10-22(18)19)26-27-24(13-14-28-26)23-12-11-21(29(2,3)4)17-25(23)30(27,5)6;1-4(6)3-5(2)7;/h7-15,17H,1-6H3;3,6H,1-2H3;/q-1;;/b;4-3-;. The van der Waals surface area contributed by atoms with E-state index >= 15 is 0 Å². The molecule has 0 atom stereocenters. The summed E-state index contributed by atoms with van der Waals surface area (Å²) in [7, 11) is -3.22. The van der Waals surface area contributed by atoms with Crippen molar-refractivity contribution in [3.8, 4) is 22.4 Å². The number of aryl methyl sites for hydroxylation is 1. The predicted octanol–water partition coefficient (Wildman–Crippen LogP) is 6.39. The molecule has 6 heteroatoms. The van der Waals surface area contributed by atoms with Crippen LogP contribution in [0.3, 0.4) is 0 Å². The van der Waals surface area contributed by atoms with Gasteiger partial charge in [0.1, 0.15) is 8.07 Å². The average Bonchev–Trinajstić information content (AvgIpc) is 3.05. The van der Waals surface area contributed by atoms with Crippen LogP contribution in [0.2, 0.25) is 32.7 Å². The van der Waals surface area contributed by atoms with Crippen molar-refractivity contribution in [2.24, 2.45) is 0 Å². The molecule has 0 fully saturated rings. The zero-order valence-electron chi connectivity index (χ0n) is 23.5. The second kappa shape index (κ2) is 11.2. The van der Waals surface area contributed by atoms with E-state index in [2.05, 4.69) is 100 Å². The molecule has 1 aromatic heterocycles. The third-order valence-corrected chi connectivity index (χ3v) is 12.6. The fourth-order valence-electron chi connectivity index (χ4n) is 5.25. The third-order valence-electron chi connectivity index (χ3n) is 7.07. The van der Waals surface area contributed by atoms with Gasteiger partial charge in [0.2, 0.25) is 0 Å². The molecule has 1 radical (unpaired) electrons. The number of hydrogen-bond acceptors (Lipinski definition) is 3. The molecule has 0 saturated carbocycles. The number of hydrogen-bond donors (Lipinski definition) is 1. The molecule has 3 aromatic carbocycles.